The molecular weight excluding hydrogens is 320 g/mol. The summed E-state index contributed by atoms with van der Waals surface area (Å²) in [7, 11) is 0. The van der Waals surface area contributed by atoms with Crippen LogP contribution >= 0.6 is 0 Å². The zero-order chi connectivity index (χ0) is 18.7. The van der Waals surface area contributed by atoms with E-state index in [1.54, 1.807) is 12.2 Å². The van der Waals surface area contributed by atoms with E-state index < -0.39 is 18.2 Å². The van der Waals surface area contributed by atoms with E-state index in [0.717, 1.165) is 25.7 Å². The van der Waals surface area contributed by atoms with Crippen molar-refractivity contribution in [2.45, 2.75) is 76.9 Å². The van der Waals surface area contributed by atoms with Gasteiger partial charge in [-0.1, -0.05) is 50.5 Å². The van der Waals surface area contributed by atoms with Crippen molar-refractivity contribution in [3.05, 3.63) is 24.3 Å². The number of aliphatic hydroxyl groups excluding tert-OH is 2. The molecule has 0 aliphatic heterocycles. The minimum Gasteiger partial charge on any atom is -0.481 e. The van der Waals surface area contributed by atoms with Crippen molar-refractivity contribution in [2.24, 2.45) is 11.8 Å². The first-order chi connectivity index (χ1) is 12.0. The summed E-state index contributed by atoms with van der Waals surface area (Å²) in [5, 5.41) is 28.6. The highest BCUT2D eigenvalue weighted by molar-refractivity contribution is 5.85. The van der Waals surface area contributed by atoms with E-state index in [1.165, 1.54) is 0 Å². The van der Waals surface area contributed by atoms with Gasteiger partial charge >= 0.3 is 5.97 Å². The Bertz CT molecular complexity index is 469. The fourth-order valence-electron chi connectivity index (χ4n) is 3.27. The van der Waals surface area contributed by atoms with E-state index in [4.69, 9.17) is 5.11 Å². The summed E-state index contributed by atoms with van der Waals surface area (Å²) >= 11 is 0. The average Bonchev–Trinajstić information content (AvgIpc) is 2.82. The van der Waals surface area contributed by atoms with Crippen molar-refractivity contribution in [3.8, 4) is 0 Å². The molecule has 0 aromatic carbocycles. The van der Waals surface area contributed by atoms with Crippen LogP contribution in [0, 0.1) is 11.8 Å². The van der Waals surface area contributed by atoms with Gasteiger partial charge in [0.1, 0.15) is 5.78 Å². The smallest absolute Gasteiger partial charge is 0.303 e. The number of aliphatic hydroxyl groups is 2. The SMILES string of the molecule is CCCCC[C@H]1[C@H](/C=C/[C@@H](O)C/C=C\CCCC(=O)O)C(=O)C[C@@H]1O. The number of carbonyl (C=O) groups is 2. The molecule has 1 aliphatic rings. The highest BCUT2D eigenvalue weighted by atomic mass is 16.4. The molecule has 3 N–H and O–H groups in total. The van der Waals surface area contributed by atoms with Crippen molar-refractivity contribution in [3.63, 3.8) is 0 Å². The van der Waals surface area contributed by atoms with Crippen LogP contribution in [-0.4, -0.2) is 39.3 Å². The second-order valence-electron chi connectivity index (χ2n) is 6.87. The fourth-order valence-corrected chi connectivity index (χ4v) is 3.27. The van der Waals surface area contributed by atoms with Crippen LogP contribution < -0.4 is 0 Å². The third-order valence-corrected chi connectivity index (χ3v) is 4.72. The third-order valence-electron chi connectivity index (χ3n) is 4.72. The van der Waals surface area contributed by atoms with Crippen LogP contribution in [0.15, 0.2) is 24.3 Å². The molecule has 0 aromatic rings. The summed E-state index contributed by atoms with van der Waals surface area (Å²) in [6.45, 7) is 2.12. The number of carbonyl (C=O) groups excluding carboxylic acids is 1. The van der Waals surface area contributed by atoms with Crippen LogP contribution in [0.25, 0.3) is 0 Å². The molecule has 0 heterocycles. The lowest BCUT2D eigenvalue weighted by Crippen LogP contribution is -2.19. The maximum absolute atomic E-state index is 12.1. The van der Waals surface area contributed by atoms with Crippen LogP contribution in [0.3, 0.4) is 0 Å². The average molecular weight is 352 g/mol. The molecular formula is C20H32O5. The molecule has 0 amide bonds. The van der Waals surface area contributed by atoms with Gasteiger partial charge in [0, 0.05) is 18.8 Å². The molecule has 142 valence electrons. The van der Waals surface area contributed by atoms with E-state index in [0.29, 0.717) is 19.3 Å². The van der Waals surface area contributed by atoms with Gasteiger partial charge < -0.3 is 15.3 Å². The topological polar surface area (TPSA) is 94.8 Å². The Kier molecular flexibility index (Phi) is 10.3. The molecule has 5 heteroatoms. The number of carboxylic acid groups (broad SMARTS) is 1. The second kappa shape index (κ2) is 12.0. The second-order valence-corrected chi connectivity index (χ2v) is 6.87. The summed E-state index contributed by atoms with van der Waals surface area (Å²) in [6.07, 6.45) is 12.0. The van der Waals surface area contributed by atoms with Gasteiger partial charge in [-0.2, -0.15) is 0 Å². The Morgan fingerprint density at radius 1 is 1.28 bits per heavy atom. The van der Waals surface area contributed by atoms with Gasteiger partial charge in [0.2, 0.25) is 0 Å². The number of Topliss-reactive ketones (excluding diaryl/α,β-unsaturated/α-hetero) is 1. The summed E-state index contributed by atoms with van der Waals surface area (Å²) < 4.78 is 0. The van der Waals surface area contributed by atoms with Crippen molar-refractivity contribution >= 4 is 11.8 Å². The third kappa shape index (κ3) is 8.45. The molecule has 1 aliphatic carbocycles. The van der Waals surface area contributed by atoms with Crippen LogP contribution in [0.2, 0.25) is 0 Å². The summed E-state index contributed by atoms with van der Waals surface area (Å²) in [5.74, 6) is -1.06. The minimum atomic E-state index is -0.798. The van der Waals surface area contributed by atoms with Crippen molar-refractivity contribution < 1.29 is 24.9 Å². The molecule has 1 saturated carbocycles. The molecule has 0 spiro atoms. The predicted molar refractivity (Wildman–Crippen MR) is 97.1 cm³/mol. The number of hydrogen-bond acceptors (Lipinski definition) is 4. The van der Waals surface area contributed by atoms with Crippen LogP contribution in [0.4, 0.5) is 0 Å². The molecule has 5 nitrogen and oxygen atoms in total. The van der Waals surface area contributed by atoms with Gasteiger partial charge in [-0.25, -0.2) is 0 Å². The maximum atomic E-state index is 12.1. The largest absolute Gasteiger partial charge is 0.481 e. The van der Waals surface area contributed by atoms with Crippen LogP contribution in [0.5, 0.6) is 0 Å². The predicted octanol–water partition coefficient (Wildman–Crippen LogP) is 3.25. The summed E-state index contributed by atoms with van der Waals surface area (Å²) in [6, 6.07) is 0. The number of rotatable bonds is 12. The van der Waals surface area contributed by atoms with Crippen molar-refractivity contribution in [2.75, 3.05) is 0 Å². The lowest BCUT2D eigenvalue weighted by atomic mass is 9.88. The van der Waals surface area contributed by atoms with Crippen LogP contribution in [-0.2, 0) is 9.59 Å². The molecule has 25 heavy (non-hydrogen) atoms. The lowest BCUT2D eigenvalue weighted by molar-refractivity contribution is -0.137. The van der Waals surface area contributed by atoms with Crippen molar-refractivity contribution in [1.29, 1.82) is 0 Å². The van der Waals surface area contributed by atoms with Gasteiger partial charge in [-0.05, 0) is 31.6 Å². The fraction of sp³-hybridized carbons (Fsp3) is 0.700. The Hall–Kier alpha value is -1.46. The van der Waals surface area contributed by atoms with E-state index in [-0.39, 0.29) is 30.5 Å². The summed E-state index contributed by atoms with van der Waals surface area (Å²) in [4.78, 5) is 22.5. The zero-order valence-corrected chi connectivity index (χ0v) is 15.1. The molecule has 0 unspecified atom stereocenters. The van der Waals surface area contributed by atoms with Gasteiger partial charge in [-0.3, -0.25) is 9.59 Å². The monoisotopic (exact) mass is 352 g/mol. The van der Waals surface area contributed by atoms with E-state index >= 15 is 0 Å². The summed E-state index contributed by atoms with van der Waals surface area (Å²) in [5.41, 5.74) is 0. The Balaban J connectivity index is 2.41. The quantitative estimate of drug-likeness (QED) is 0.370. The first kappa shape index (κ1) is 21.6. The Morgan fingerprint density at radius 2 is 2.04 bits per heavy atom. The normalized spacial score (nSPS) is 25.2. The number of ketones is 1. The zero-order valence-electron chi connectivity index (χ0n) is 15.1. The first-order valence-corrected chi connectivity index (χ1v) is 9.39. The first-order valence-electron chi connectivity index (χ1n) is 9.39. The minimum absolute atomic E-state index is 0.0333. The molecule has 0 bridgehead atoms. The molecule has 0 aromatic heterocycles. The Labute approximate surface area is 150 Å². The molecule has 0 radical (unpaired) electrons. The van der Waals surface area contributed by atoms with Crippen molar-refractivity contribution in [1.82, 2.24) is 0 Å². The number of hydrogen-bond donors (Lipinski definition) is 3. The maximum Gasteiger partial charge on any atom is 0.303 e. The van der Waals surface area contributed by atoms with E-state index in [1.807, 2.05) is 12.2 Å². The number of unbranched alkanes of at least 4 members (excludes halogenated alkanes) is 3. The number of allylic oxidation sites excluding steroid dienone is 2. The van der Waals surface area contributed by atoms with Gasteiger partial charge in [-0.15, -0.1) is 0 Å². The highest BCUT2D eigenvalue weighted by Gasteiger charge is 2.39. The standard InChI is InChI=1S/C20H32O5/c1-2-3-6-10-16-17(19(23)14-18(16)22)13-12-15(21)9-7-4-5-8-11-20(24)25/h4,7,12-13,15-18,21-22H,2-3,5-6,8-11,14H2,1H3,(H,24,25)/b7-4-,13-12+/t15-,16-,17-,18-/m0/s1. The van der Waals surface area contributed by atoms with Gasteiger partial charge in [0.25, 0.3) is 0 Å². The molecule has 0 saturated heterocycles. The van der Waals surface area contributed by atoms with Gasteiger partial charge in [0.15, 0.2) is 0 Å². The highest BCUT2D eigenvalue weighted by Crippen LogP contribution is 2.34. The van der Waals surface area contributed by atoms with E-state index in [2.05, 4.69) is 6.92 Å². The van der Waals surface area contributed by atoms with Crippen LogP contribution in [0.1, 0.15) is 64.7 Å². The van der Waals surface area contributed by atoms with E-state index in [9.17, 15) is 19.8 Å². The Morgan fingerprint density at radius 3 is 2.72 bits per heavy atom. The molecule has 1 rings (SSSR count). The number of carboxylic acids is 1. The molecule has 4 atom stereocenters. The van der Waals surface area contributed by atoms with Gasteiger partial charge in [0.05, 0.1) is 12.2 Å². The number of aliphatic carboxylic acids is 1. The lowest BCUT2D eigenvalue weighted by Gasteiger charge is -2.18. The molecule has 1 fully saturated rings.